The first-order valence-electron chi connectivity index (χ1n) is 7.48. The highest BCUT2D eigenvalue weighted by atomic mass is 16.5. The van der Waals surface area contributed by atoms with E-state index >= 15 is 0 Å². The van der Waals surface area contributed by atoms with Gasteiger partial charge in [-0.1, -0.05) is 39.8 Å². The molecule has 0 heterocycles. The minimum atomic E-state index is -0.540. The Balaban J connectivity index is 1.77. The Morgan fingerprint density at radius 2 is 1.71 bits per heavy atom. The van der Waals surface area contributed by atoms with Crippen molar-refractivity contribution in [3.63, 3.8) is 0 Å². The topological polar surface area (TPSA) is 50.7 Å². The van der Waals surface area contributed by atoms with Crippen molar-refractivity contribution < 1.29 is 14.6 Å². The zero-order valence-corrected chi connectivity index (χ0v) is 13.6. The third kappa shape index (κ3) is 3.16. The lowest BCUT2D eigenvalue weighted by Gasteiger charge is -2.15. The predicted molar refractivity (Wildman–Crippen MR) is 83.8 cm³/mol. The number of ether oxygens (including phenoxy) is 2. The molecule has 1 atom stereocenters. The molecule has 1 saturated carbocycles. The molecule has 1 aromatic rings. The predicted octanol–water partition coefficient (Wildman–Crippen LogP) is 2.46. The Morgan fingerprint density at radius 1 is 1.14 bits per heavy atom. The molecular weight excluding hydrogens is 266 g/mol. The molecule has 4 heteroatoms. The number of aliphatic hydroxyl groups is 1. The largest absolute Gasteiger partial charge is 0.493 e. The average molecular weight is 293 g/mol. The highest BCUT2D eigenvalue weighted by Crippen LogP contribution is 2.62. The maximum atomic E-state index is 10.1. The van der Waals surface area contributed by atoms with E-state index in [-0.39, 0.29) is 17.4 Å². The Hall–Kier alpha value is -1.26. The van der Waals surface area contributed by atoms with E-state index in [9.17, 15) is 5.11 Å². The summed E-state index contributed by atoms with van der Waals surface area (Å²) in [5, 5.41) is 13.5. The van der Waals surface area contributed by atoms with E-state index in [2.05, 4.69) is 33.0 Å². The Labute approximate surface area is 127 Å². The number of hydrogen-bond acceptors (Lipinski definition) is 4. The molecule has 2 rings (SSSR count). The zero-order chi connectivity index (χ0) is 15.7. The normalized spacial score (nSPS) is 20.9. The monoisotopic (exact) mass is 293 g/mol. The fourth-order valence-electron chi connectivity index (χ4n) is 2.94. The van der Waals surface area contributed by atoms with Gasteiger partial charge in [-0.15, -0.1) is 0 Å². The summed E-state index contributed by atoms with van der Waals surface area (Å²) in [4.78, 5) is 0. The standard InChI is InChI=1S/C17H27NO3/c1-16(2)15(17(16,3)4)18-10-12(19)11-21-14-9-7-6-8-13(14)20-5/h6-9,12,15,18-19H,10-11H2,1-5H3. The Kier molecular flexibility index (Phi) is 4.49. The number of benzene rings is 1. The number of hydrogen-bond donors (Lipinski definition) is 2. The van der Waals surface area contributed by atoms with E-state index in [1.807, 2.05) is 24.3 Å². The van der Waals surface area contributed by atoms with Crippen LogP contribution in [0.25, 0.3) is 0 Å². The van der Waals surface area contributed by atoms with Crippen molar-refractivity contribution >= 4 is 0 Å². The quantitative estimate of drug-likeness (QED) is 0.811. The van der Waals surface area contributed by atoms with E-state index in [0.717, 1.165) is 0 Å². The van der Waals surface area contributed by atoms with Crippen LogP contribution in [0.2, 0.25) is 0 Å². The van der Waals surface area contributed by atoms with Crippen LogP contribution < -0.4 is 14.8 Å². The summed E-state index contributed by atoms with van der Waals surface area (Å²) in [5.41, 5.74) is 0.548. The molecule has 21 heavy (non-hydrogen) atoms. The van der Waals surface area contributed by atoms with Crippen molar-refractivity contribution in [3.8, 4) is 11.5 Å². The highest BCUT2D eigenvalue weighted by molar-refractivity contribution is 5.39. The second-order valence-electron chi connectivity index (χ2n) is 6.90. The third-order valence-corrected chi connectivity index (χ3v) is 5.08. The molecule has 0 aromatic heterocycles. The summed E-state index contributed by atoms with van der Waals surface area (Å²) >= 11 is 0. The van der Waals surface area contributed by atoms with Gasteiger partial charge in [-0.25, -0.2) is 0 Å². The molecule has 1 fully saturated rings. The summed E-state index contributed by atoms with van der Waals surface area (Å²) in [6, 6.07) is 7.89. The third-order valence-electron chi connectivity index (χ3n) is 5.08. The molecule has 1 aliphatic carbocycles. The van der Waals surface area contributed by atoms with Crippen LogP contribution in [0.5, 0.6) is 11.5 Å². The molecule has 2 N–H and O–H groups in total. The zero-order valence-electron chi connectivity index (χ0n) is 13.6. The van der Waals surface area contributed by atoms with Gasteiger partial charge in [0.15, 0.2) is 11.5 Å². The van der Waals surface area contributed by atoms with Gasteiger partial charge in [-0.05, 0) is 23.0 Å². The van der Waals surface area contributed by atoms with Crippen LogP contribution in [0, 0.1) is 10.8 Å². The Morgan fingerprint density at radius 3 is 2.24 bits per heavy atom. The van der Waals surface area contributed by atoms with Crippen LogP contribution >= 0.6 is 0 Å². The lowest BCUT2D eigenvalue weighted by atomic mass is 10.0. The Bertz CT molecular complexity index is 471. The first-order chi connectivity index (χ1) is 9.80. The second kappa shape index (κ2) is 5.85. The van der Waals surface area contributed by atoms with E-state index in [4.69, 9.17) is 9.47 Å². The van der Waals surface area contributed by atoms with Gasteiger partial charge in [0.05, 0.1) is 7.11 Å². The maximum absolute atomic E-state index is 10.1. The van der Waals surface area contributed by atoms with E-state index in [1.54, 1.807) is 7.11 Å². The first kappa shape index (κ1) is 16.1. The van der Waals surface area contributed by atoms with Crippen molar-refractivity contribution in [2.24, 2.45) is 10.8 Å². The molecule has 0 amide bonds. The van der Waals surface area contributed by atoms with Gasteiger partial charge in [0.25, 0.3) is 0 Å². The van der Waals surface area contributed by atoms with E-state index in [1.165, 1.54) is 0 Å². The van der Waals surface area contributed by atoms with Gasteiger partial charge < -0.3 is 19.9 Å². The fourth-order valence-corrected chi connectivity index (χ4v) is 2.94. The van der Waals surface area contributed by atoms with Gasteiger partial charge >= 0.3 is 0 Å². The van der Waals surface area contributed by atoms with Gasteiger partial charge in [-0.2, -0.15) is 0 Å². The number of nitrogens with one attached hydrogen (secondary N) is 1. The molecule has 0 saturated heterocycles. The minimum Gasteiger partial charge on any atom is -0.493 e. The summed E-state index contributed by atoms with van der Waals surface area (Å²) in [6.07, 6.45) is -0.540. The lowest BCUT2D eigenvalue weighted by molar-refractivity contribution is 0.103. The number of para-hydroxylation sites is 2. The molecule has 1 unspecified atom stereocenters. The van der Waals surface area contributed by atoms with Crippen molar-refractivity contribution in [1.29, 1.82) is 0 Å². The van der Waals surface area contributed by atoms with Crippen molar-refractivity contribution in [1.82, 2.24) is 5.32 Å². The van der Waals surface area contributed by atoms with Gasteiger partial charge in [0.1, 0.15) is 12.7 Å². The van der Waals surface area contributed by atoms with Crippen LogP contribution in [0.3, 0.4) is 0 Å². The van der Waals surface area contributed by atoms with Gasteiger partial charge in [0.2, 0.25) is 0 Å². The number of aliphatic hydroxyl groups excluding tert-OH is 1. The number of rotatable bonds is 7. The lowest BCUT2D eigenvalue weighted by Crippen LogP contribution is -2.34. The molecular formula is C17H27NO3. The van der Waals surface area contributed by atoms with Crippen molar-refractivity contribution in [2.75, 3.05) is 20.3 Å². The van der Waals surface area contributed by atoms with Crippen LogP contribution in [0.4, 0.5) is 0 Å². The average Bonchev–Trinajstić information content (AvgIpc) is 2.84. The van der Waals surface area contributed by atoms with Crippen molar-refractivity contribution in [2.45, 2.75) is 39.8 Å². The fraction of sp³-hybridized carbons (Fsp3) is 0.647. The van der Waals surface area contributed by atoms with Crippen LogP contribution in [-0.4, -0.2) is 37.5 Å². The van der Waals surface area contributed by atoms with Gasteiger partial charge in [0, 0.05) is 12.6 Å². The summed E-state index contributed by atoms with van der Waals surface area (Å²) in [7, 11) is 1.61. The molecule has 0 radical (unpaired) electrons. The molecule has 0 aliphatic heterocycles. The molecule has 118 valence electrons. The minimum absolute atomic E-state index is 0.251. The van der Waals surface area contributed by atoms with Crippen molar-refractivity contribution in [3.05, 3.63) is 24.3 Å². The SMILES string of the molecule is COc1ccccc1OCC(O)CNC1C(C)(C)C1(C)C. The summed E-state index contributed by atoms with van der Waals surface area (Å²) in [5.74, 6) is 1.34. The molecule has 1 aromatic carbocycles. The molecule has 0 spiro atoms. The van der Waals surface area contributed by atoms with Crippen LogP contribution in [-0.2, 0) is 0 Å². The molecule has 1 aliphatic rings. The second-order valence-corrected chi connectivity index (χ2v) is 6.90. The smallest absolute Gasteiger partial charge is 0.161 e. The summed E-state index contributed by atoms with van der Waals surface area (Å²) < 4.78 is 10.8. The van der Waals surface area contributed by atoms with Gasteiger partial charge in [-0.3, -0.25) is 0 Å². The molecule has 0 bridgehead atoms. The molecule has 4 nitrogen and oxygen atoms in total. The maximum Gasteiger partial charge on any atom is 0.161 e. The van der Waals surface area contributed by atoms with Crippen LogP contribution in [0.15, 0.2) is 24.3 Å². The van der Waals surface area contributed by atoms with Crippen LogP contribution in [0.1, 0.15) is 27.7 Å². The van der Waals surface area contributed by atoms with E-state index in [0.29, 0.717) is 24.1 Å². The van der Waals surface area contributed by atoms with E-state index < -0.39 is 6.10 Å². The summed E-state index contributed by atoms with van der Waals surface area (Å²) in [6.45, 7) is 9.79. The highest BCUT2D eigenvalue weighted by Gasteiger charge is 2.64. The number of methoxy groups -OCH3 is 1. The first-order valence-corrected chi connectivity index (χ1v) is 7.48.